The third-order valence-corrected chi connectivity index (χ3v) is 7.65. The average molecular weight is 559 g/mol. The Labute approximate surface area is 238 Å². The Bertz CT molecular complexity index is 1630. The van der Waals surface area contributed by atoms with Gasteiger partial charge < -0.3 is 10.3 Å². The number of carbonyl (C=O) groups excluding carboxylic acids is 1. The highest BCUT2D eigenvalue weighted by Gasteiger charge is 2.38. The minimum absolute atomic E-state index is 0.00850. The molecular formula is C30H37FN9O+. The Morgan fingerprint density at radius 1 is 1.24 bits per heavy atom. The maximum absolute atomic E-state index is 14.6. The topological polar surface area (TPSA) is 115 Å². The lowest BCUT2D eigenvalue weighted by molar-refractivity contribution is -0.688. The molecule has 1 fully saturated rings. The molecule has 0 spiro atoms. The highest BCUT2D eigenvalue weighted by molar-refractivity contribution is 6.13. The zero-order valence-electron chi connectivity index (χ0n) is 24.4. The Morgan fingerprint density at radius 3 is 2.76 bits per heavy atom. The highest BCUT2D eigenvalue weighted by Crippen LogP contribution is 2.32. The van der Waals surface area contributed by atoms with Gasteiger partial charge >= 0.3 is 0 Å². The van der Waals surface area contributed by atoms with Crippen molar-refractivity contribution in [2.24, 2.45) is 21.9 Å². The van der Waals surface area contributed by atoms with Crippen LogP contribution in [0.15, 0.2) is 46.1 Å². The fourth-order valence-electron chi connectivity index (χ4n) is 5.44. The van der Waals surface area contributed by atoms with Crippen molar-refractivity contribution in [1.82, 2.24) is 25.3 Å². The number of nitrogens with zero attached hydrogens (tertiary/aromatic N) is 6. The number of pyridine rings is 2. The molecule has 5 heterocycles. The molecule has 1 atom stereocenters. The molecule has 11 heteroatoms. The quantitative estimate of drug-likeness (QED) is 0.370. The van der Waals surface area contributed by atoms with E-state index in [1.54, 1.807) is 6.07 Å². The van der Waals surface area contributed by atoms with Gasteiger partial charge in [-0.1, -0.05) is 20.8 Å². The average Bonchev–Trinajstić information content (AvgIpc) is 3.60. The second kappa shape index (κ2) is 10.0. The SMILES string of the molecule is Cc1nc2nc(Nc3ccc(F)c[n+]3CC(C)C3=CC(NC(=O)C4CC4)=NN4CC(C)(C)N=C34)cc(C(C)C)c2[nH]1. The predicted octanol–water partition coefficient (Wildman–Crippen LogP) is 4.47. The zero-order valence-corrected chi connectivity index (χ0v) is 24.4. The van der Waals surface area contributed by atoms with Gasteiger partial charge in [-0.15, -0.1) is 0 Å². The van der Waals surface area contributed by atoms with Gasteiger partial charge in [0.05, 0.1) is 24.1 Å². The summed E-state index contributed by atoms with van der Waals surface area (Å²) in [5.74, 6) is 3.39. The number of amides is 1. The van der Waals surface area contributed by atoms with Crippen LogP contribution in [0.2, 0.25) is 0 Å². The minimum Gasteiger partial charge on any atom is -0.341 e. The number of H-pyrrole nitrogens is 1. The lowest BCUT2D eigenvalue weighted by Gasteiger charge is -2.26. The normalized spacial score (nSPS) is 18.6. The van der Waals surface area contributed by atoms with Crippen LogP contribution in [0.3, 0.4) is 0 Å². The number of aryl methyl sites for hydroxylation is 1. The van der Waals surface area contributed by atoms with E-state index >= 15 is 0 Å². The summed E-state index contributed by atoms with van der Waals surface area (Å²) in [6, 6.07) is 5.18. The van der Waals surface area contributed by atoms with Crippen LogP contribution in [-0.2, 0) is 11.3 Å². The molecule has 3 aromatic rings. The van der Waals surface area contributed by atoms with Crippen LogP contribution in [0.5, 0.6) is 0 Å². The number of rotatable bonds is 7. The van der Waals surface area contributed by atoms with Crippen molar-refractivity contribution in [2.75, 3.05) is 11.9 Å². The van der Waals surface area contributed by atoms with E-state index in [0.29, 0.717) is 36.2 Å². The summed E-state index contributed by atoms with van der Waals surface area (Å²) < 4.78 is 16.4. The monoisotopic (exact) mass is 558 g/mol. The van der Waals surface area contributed by atoms with Crippen molar-refractivity contribution in [3.05, 3.63) is 53.3 Å². The van der Waals surface area contributed by atoms with Gasteiger partial charge in [-0.05, 0) is 57.2 Å². The summed E-state index contributed by atoms with van der Waals surface area (Å²) in [4.78, 5) is 30.1. The Morgan fingerprint density at radius 2 is 2.02 bits per heavy atom. The predicted molar refractivity (Wildman–Crippen MR) is 156 cm³/mol. The molecule has 1 saturated carbocycles. The molecule has 0 saturated heterocycles. The summed E-state index contributed by atoms with van der Waals surface area (Å²) in [7, 11) is 0. The number of fused-ring (bicyclic) bond motifs is 2. The van der Waals surface area contributed by atoms with Crippen molar-refractivity contribution in [1.29, 1.82) is 0 Å². The van der Waals surface area contributed by atoms with Gasteiger partial charge in [0.2, 0.25) is 11.7 Å². The Hall–Kier alpha value is -4.15. The third kappa shape index (κ3) is 5.57. The smallest absolute Gasteiger partial charge is 0.280 e. The number of hydrazone groups is 1. The number of hydrogen-bond donors (Lipinski definition) is 3. The highest BCUT2D eigenvalue weighted by atomic mass is 19.1. The molecule has 6 rings (SSSR count). The fraction of sp³-hybridized carbons (Fsp3) is 0.467. The number of hydrogen-bond acceptors (Lipinski definition) is 7. The lowest BCUT2D eigenvalue weighted by atomic mass is 9.97. The first-order valence-corrected chi connectivity index (χ1v) is 14.3. The van der Waals surface area contributed by atoms with E-state index in [9.17, 15) is 9.18 Å². The molecule has 2 aliphatic heterocycles. The molecule has 0 radical (unpaired) electrons. The van der Waals surface area contributed by atoms with Crippen molar-refractivity contribution in [3.8, 4) is 0 Å². The van der Waals surface area contributed by atoms with Gasteiger partial charge in [0.1, 0.15) is 17.9 Å². The number of carbonyl (C=O) groups is 1. The number of aromatic nitrogens is 4. The molecular weight excluding hydrogens is 521 g/mol. The number of imidazole rings is 1. The first-order chi connectivity index (χ1) is 19.5. The van der Waals surface area contributed by atoms with Crippen LogP contribution in [0.25, 0.3) is 11.2 Å². The lowest BCUT2D eigenvalue weighted by Crippen LogP contribution is -2.44. The largest absolute Gasteiger partial charge is 0.341 e. The van der Waals surface area contributed by atoms with E-state index in [4.69, 9.17) is 9.98 Å². The summed E-state index contributed by atoms with van der Waals surface area (Å²) in [6.45, 7) is 13.5. The number of amidine groups is 2. The van der Waals surface area contributed by atoms with E-state index in [2.05, 4.69) is 60.3 Å². The molecule has 3 N–H and O–H groups in total. The van der Waals surface area contributed by atoms with Gasteiger partial charge in [-0.2, -0.15) is 10.1 Å². The standard InChI is InChI=1S/C30H36FN9O/c1-16(2)21-11-23(35-27-26(21)32-18(4)33-27)34-25-10-9-20(31)14-39(25)13-17(3)22-12-24(36-29(41)19-7-8-19)38-40-15-30(5,6)37-28(22)40/h9-12,14,16-17,19H,7-8,13,15H2,1-6H3,(H2,32,33,35,36,38,41)/p+1. The fourth-order valence-corrected chi connectivity index (χ4v) is 5.44. The van der Waals surface area contributed by atoms with Crippen LogP contribution in [0, 0.1) is 24.6 Å². The zero-order chi connectivity index (χ0) is 29.1. The maximum Gasteiger partial charge on any atom is 0.280 e. The number of aliphatic imine (C=N–C) groups is 1. The van der Waals surface area contributed by atoms with Crippen molar-refractivity contribution >= 4 is 40.4 Å². The van der Waals surface area contributed by atoms with Crippen LogP contribution in [-0.4, -0.2) is 49.6 Å². The van der Waals surface area contributed by atoms with Crippen LogP contribution in [0.4, 0.5) is 16.0 Å². The third-order valence-electron chi connectivity index (χ3n) is 7.65. The minimum atomic E-state index is -0.338. The van der Waals surface area contributed by atoms with E-state index in [1.807, 2.05) is 28.6 Å². The summed E-state index contributed by atoms with van der Waals surface area (Å²) >= 11 is 0. The van der Waals surface area contributed by atoms with Crippen molar-refractivity contribution in [3.63, 3.8) is 0 Å². The number of nitrogens with one attached hydrogen (secondary N) is 3. The van der Waals surface area contributed by atoms with Gasteiger partial charge in [-0.25, -0.2) is 24.3 Å². The van der Waals surface area contributed by atoms with Gasteiger partial charge in [0.25, 0.3) is 5.82 Å². The molecule has 10 nitrogen and oxygen atoms in total. The number of aromatic amines is 1. The molecule has 1 aliphatic carbocycles. The van der Waals surface area contributed by atoms with Crippen molar-refractivity contribution < 1.29 is 13.8 Å². The maximum atomic E-state index is 14.6. The van der Waals surface area contributed by atoms with Crippen molar-refractivity contribution in [2.45, 2.75) is 72.4 Å². The molecule has 3 aliphatic rings. The summed E-state index contributed by atoms with van der Waals surface area (Å²) in [5, 5.41) is 13.0. The molecule has 0 aromatic carbocycles. The molecule has 41 heavy (non-hydrogen) atoms. The summed E-state index contributed by atoms with van der Waals surface area (Å²) in [6.07, 6.45) is 5.24. The number of halogens is 1. The van der Waals surface area contributed by atoms with E-state index in [0.717, 1.165) is 41.2 Å². The molecule has 3 aromatic heterocycles. The Balaban J connectivity index is 1.31. The molecule has 1 unspecified atom stereocenters. The second-order valence-corrected chi connectivity index (χ2v) is 12.3. The number of anilines is 2. The first-order valence-electron chi connectivity index (χ1n) is 14.3. The molecule has 214 valence electrons. The van der Waals surface area contributed by atoms with Gasteiger partial charge in [0, 0.05) is 29.5 Å². The second-order valence-electron chi connectivity index (χ2n) is 12.3. The van der Waals surface area contributed by atoms with Gasteiger partial charge in [0.15, 0.2) is 17.3 Å². The summed E-state index contributed by atoms with van der Waals surface area (Å²) in [5.41, 5.74) is 3.33. The molecule has 0 bridgehead atoms. The van der Waals surface area contributed by atoms with Crippen LogP contribution >= 0.6 is 0 Å². The molecule has 1 amide bonds. The van der Waals surface area contributed by atoms with E-state index < -0.39 is 0 Å². The first kappa shape index (κ1) is 27.0. The van der Waals surface area contributed by atoms with Crippen LogP contribution in [0.1, 0.15) is 64.8 Å². The van der Waals surface area contributed by atoms with E-state index in [1.165, 1.54) is 12.3 Å². The Kier molecular flexibility index (Phi) is 6.62. The van der Waals surface area contributed by atoms with Gasteiger partial charge in [-0.3, -0.25) is 9.79 Å². The van der Waals surface area contributed by atoms with Crippen LogP contribution < -0.4 is 15.2 Å². The van der Waals surface area contributed by atoms with E-state index in [-0.39, 0.29) is 35.0 Å².